The molecule has 4 rings (SSSR count). The predicted octanol–water partition coefficient (Wildman–Crippen LogP) is 1.77. The summed E-state index contributed by atoms with van der Waals surface area (Å²) in [7, 11) is 4.31. The van der Waals surface area contributed by atoms with Crippen molar-refractivity contribution in [2.45, 2.75) is 38.3 Å². The van der Waals surface area contributed by atoms with Crippen LogP contribution >= 0.6 is 9.39 Å². The molecule has 0 aliphatic carbocycles. The number of amides is 1. The van der Waals surface area contributed by atoms with Gasteiger partial charge in [-0.2, -0.15) is 5.10 Å². The third-order valence-electron chi connectivity index (χ3n) is 6.36. The fraction of sp³-hybridized carbons (Fsp3) is 0.522. The third kappa shape index (κ3) is 5.40. The molecule has 2 aliphatic heterocycles. The summed E-state index contributed by atoms with van der Waals surface area (Å²) in [5.41, 5.74) is 2.07. The minimum atomic E-state index is 0.119. The molecule has 0 radical (unpaired) electrons. The Labute approximate surface area is 192 Å². The highest BCUT2D eigenvalue weighted by Crippen LogP contribution is 2.27. The lowest BCUT2D eigenvalue weighted by molar-refractivity contribution is -0.137. The molecular formula is C23H32N7OP. The van der Waals surface area contributed by atoms with Crippen molar-refractivity contribution in [3.8, 4) is 12.0 Å². The number of nitrogens with zero attached hydrogens (tertiary/aromatic N) is 5. The number of pyridine rings is 1. The van der Waals surface area contributed by atoms with E-state index in [1.54, 1.807) is 13.2 Å². The number of likely N-dealkylation sites (tertiary alicyclic amines) is 1. The van der Waals surface area contributed by atoms with E-state index in [1.165, 1.54) is 5.56 Å². The summed E-state index contributed by atoms with van der Waals surface area (Å²) in [6.45, 7) is 4.15. The Morgan fingerprint density at radius 2 is 1.94 bits per heavy atom. The Hall–Kier alpha value is -2.62. The minimum absolute atomic E-state index is 0.119. The smallest absolute Gasteiger partial charge is 0.225 e. The highest BCUT2D eigenvalue weighted by atomic mass is 31.0. The number of hydrogen-bond donors (Lipinski definition) is 2. The summed E-state index contributed by atoms with van der Waals surface area (Å²) in [4.78, 5) is 22.0. The van der Waals surface area contributed by atoms with Crippen molar-refractivity contribution in [1.82, 2.24) is 30.1 Å². The summed E-state index contributed by atoms with van der Waals surface area (Å²) < 4.78 is 2.07. The lowest BCUT2D eigenvalue weighted by atomic mass is 9.93. The van der Waals surface area contributed by atoms with Gasteiger partial charge in [-0.15, -0.1) is 0 Å². The molecule has 0 spiro atoms. The van der Waals surface area contributed by atoms with E-state index in [-0.39, 0.29) is 5.92 Å². The average Bonchev–Trinajstić information content (AvgIpc) is 3.32. The molecule has 9 heteroatoms. The predicted molar refractivity (Wildman–Crippen MR) is 129 cm³/mol. The first kappa shape index (κ1) is 22.6. The van der Waals surface area contributed by atoms with Crippen molar-refractivity contribution in [1.29, 1.82) is 0 Å². The van der Waals surface area contributed by atoms with Crippen LogP contribution in [-0.2, 0) is 11.3 Å². The van der Waals surface area contributed by atoms with Gasteiger partial charge >= 0.3 is 0 Å². The van der Waals surface area contributed by atoms with E-state index in [4.69, 9.17) is 0 Å². The van der Waals surface area contributed by atoms with E-state index in [2.05, 4.69) is 62.5 Å². The second kappa shape index (κ2) is 10.8. The van der Waals surface area contributed by atoms with Gasteiger partial charge in [0.15, 0.2) is 0 Å². The van der Waals surface area contributed by atoms with Crippen molar-refractivity contribution < 1.29 is 4.79 Å². The molecule has 1 atom stereocenters. The normalized spacial score (nSPS) is 17.7. The van der Waals surface area contributed by atoms with E-state index in [0.717, 1.165) is 69.8 Å². The fourth-order valence-corrected chi connectivity index (χ4v) is 4.77. The third-order valence-corrected chi connectivity index (χ3v) is 6.56. The van der Waals surface area contributed by atoms with Gasteiger partial charge in [0.2, 0.25) is 5.91 Å². The van der Waals surface area contributed by atoms with Gasteiger partial charge in [0, 0.05) is 75.3 Å². The van der Waals surface area contributed by atoms with Crippen molar-refractivity contribution >= 4 is 21.1 Å². The van der Waals surface area contributed by atoms with Crippen molar-refractivity contribution in [2.75, 3.05) is 38.1 Å². The van der Waals surface area contributed by atoms with Gasteiger partial charge in [0.05, 0.1) is 12.2 Å². The van der Waals surface area contributed by atoms with Crippen LogP contribution in [0.4, 0.5) is 5.82 Å². The van der Waals surface area contributed by atoms with Gasteiger partial charge in [-0.05, 0) is 43.7 Å². The molecule has 32 heavy (non-hydrogen) atoms. The molecule has 2 aromatic heterocycles. The van der Waals surface area contributed by atoms with Crippen molar-refractivity contribution in [3.63, 3.8) is 0 Å². The molecule has 0 aromatic carbocycles. The number of anilines is 1. The van der Waals surface area contributed by atoms with Crippen LogP contribution < -0.4 is 15.3 Å². The Morgan fingerprint density at radius 3 is 2.59 bits per heavy atom. The highest BCUT2D eigenvalue weighted by Gasteiger charge is 2.31. The van der Waals surface area contributed by atoms with Gasteiger partial charge in [-0.1, -0.05) is 9.39 Å². The number of carbonyl (C=O) groups is 1. The number of nitrogens with one attached hydrogen (secondary N) is 2. The maximum Gasteiger partial charge on any atom is 0.225 e. The van der Waals surface area contributed by atoms with Gasteiger partial charge in [-0.25, -0.2) is 4.98 Å². The molecule has 1 unspecified atom stereocenters. The van der Waals surface area contributed by atoms with E-state index >= 15 is 0 Å². The molecule has 2 N–H and O–H groups in total. The zero-order chi connectivity index (χ0) is 22.3. The molecule has 4 heterocycles. The fourth-order valence-electron chi connectivity index (χ4n) is 4.53. The maximum atomic E-state index is 13.1. The Kier molecular flexibility index (Phi) is 7.62. The van der Waals surface area contributed by atoms with Gasteiger partial charge in [-0.3, -0.25) is 14.6 Å². The topological polar surface area (TPSA) is 78.3 Å². The highest BCUT2D eigenvalue weighted by molar-refractivity contribution is 7.13. The van der Waals surface area contributed by atoms with Crippen LogP contribution in [0.1, 0.15) is 42.9 Å². The van der Waals surface area contributed by atoms with Crippen LogP contribution in [0.15, 0.2) is 30.7 Å². The van der Waals surface area contributed by atoms with Crippen LogP contribution in [0.25, 0.3) is 0 Å². The summed E-state index contributed by atoms with van der Waals surface area (Å²) >= 11 is 0. The molecular weight excluding hydrogens is 421 g/mol. The summed E-state index contributed by atoms with van der Waals surface area (Å²) in [6, 6.07) is 7.22. The van der Waals surface area contributed by atoms with E-state index in [1.807, 2.05) is 18.3 Å². The number of aromatic nitrogens is 3. The summed E-state index contributed by atoms with van der Waals surface area (Å²) in [6.07, 6.45) is 9.53. The molecule has 8 nitrogen and oxygen atoms in total. The average molecular weight is 454 g/mol. The van der Waals surface area contributed by atoms with Crippen LogP contribution in [0, 0.1) is 17.9 Å². The SMILES string of the molecule is CNC#Cc1ccc(N2CCC(C(=O)N3CCC(n4cc(CNP)cn4)CC3)CC2)nc1. The number of rotatable bonds is 5. The van der Waals surface area contributed by atoms with Crippen molar-refractivity contribution in [3.05, 3.63) is 41.9 Å². The van der Waals surface area contributed by atoms with Crippen LogP contribution in [0.3, 0.4) is 0 Å². The zero-order valence-corrected chi connectivity index (χ0v) is 19.8. The number of piperidine rings is 2. The second-order valence-corrected chi connectivity index (χ2v) is 8.84. The lowest BCUT2D eigenvalue weighted by Gasteiger charge is -2.37. The minimum Gasteiger partial charge on any atom is -0.357 e. The number of hydrogen-bond acceptors (Lipinski definition) is 6. The maximum absolute atomic E-state index is 13.1. The summed E-state index contributed by atoms with van der Waals surface area (Å²) in [5, 5.41) is 10.4. The molecule has 2 fully saturated rings. The van der Waals surface area contributed by atoms with E-state index in [0.29, 0.717) is 11.9 Å². The first-order chi connectivity index (χ1) is 15.7. The monoisotopic (exact) mass is 453 g/mol. The standard InChI is InChI=1S/C23H32N7OP/c1-24-9-4-18-2-3-22(25-14-18)28-10-5-20(6-11-28)23(31)29-12-7-21(8-13-29)30-17-19(15-26-30)16-27-32/h2-3,14-15,17,20-21,24,27H,5-8,10-13,16,32H2,1H3. The zero-order valence-electron chi connectivity index (χ0n) is 18.6. The lowest BCUT2D eigenvalue weighted by Crippen LogP contribution is -2.45. The molecule has 2 aliphatic rings. The Bertz CT molecular complexity index is 949. The second-order valence-electron chi connectivity index (χ2n) is 8.43. The van der Waals surface area contributed by atoms with Crippen LogP contribution in [0.2, 0.25) is 0 Å². The van der Waals surface area contributed by atoms with E-state index in [9.17, 15) is 4.79 Å². The van der Waals surface area contributed by atoms with Gasteiger partial charge in [0.25, 0.3) is 0 Å². The number of carbonyl (C=O) groups excluding carboxylic acids is 1. The Balaban J connectivity index is 1.25. The van der Waals surface area contributed by atoms with Crippen LogP contribution in [0.5, 0.6) is 0 Å². The van der Waals surface area contributed by atoms with Crippen LogP contribution in [-0.4, -0.2) is 58.8 Å². The first-order valence-electron chi connectivity index (χ1n) is 11.3. The quantitative estimate of drug-likeness (QED) is 0.408. The molecule has 0 saturated carbocycles. The van der Waals surface area contributed by atoms with E-state index < -0.39 is 0 Å². The first-order valence-corrected chi connectivity index (χ1v) is 11.9. The molecule has 2 saturated heterocycles. The van der Waals surface area contributed by atoms with Crippen molar-refractivity contribution in [2.24, 2.45) is 5.92 Å². The molecule has 1 amide bonds. The van der Waals surface area contributed by atoms with Gasteiger partial charge < -0.3 is 15.1 Å². The van der Waals surface area contributed by atoms with Gasteiger partial charge in [0.1, 0.15) is 5.82 Å². The largest absolute Gasteiger partial charge is 0.357 e. The Morgan fingerprint density at radius 1 is 1.16 bits per heavy atom. The molecule has 170 valence electrons. The molecule has 2 aromatic rings. The summed E-state index contributed by atoms with van der Waals surface area (Å²) in [5.74, 6) is 4.40. The molecule has 0 bridgehead atoms.